The minimum atomic E-state index is -1.86. The van der Waals surface area contributed by atoms with E-state index < -0.39 is 8.32 Å². The van der Waals surface area contributed by atoms with Crippen LogP contribution in [0, 0.1) is 5.92 Å². The second kappa shape index (κ2) is 7.64. The monoisotopic (exact) mass is 310 g/mol. The molecule has 0 saturated heterocycles. The third-order valence-corrected chi connectivity index (χ3v) is 10.9. The number of ether oxygens (including phenoxy) is 1. The van der Waals surface area contributed by atoms with Crippen LogP contribution in [0.5, 0.6) is 0 Å². The van der Waals surface area contributed by atoms with Gasteiger partial charge in [-0.1, -0.05) is 60.6 Å². The first-order valence-corrected chi connectivity index (χ1v) is 10.5. The van der Waals surface area contributed by atoms with E-state index in [9.17, 15) is 0 Å². The molecule has 122 valence electrons. The van der Waals surface area contributed by atoms with E-state index in [-0.39, 0.29) is 6.10 Å². The summed E-state index contributed by atoms with van der Waals surface area (Å²) in [7, 11) is -1.86. The minimum absolute atomic E-state index is 0.146. The minimum Gasteiger partial charge on any atom is -0.546 e. The van der Waals surface area contributed by atoms with Gasteiger partial charge in [-0.25, -0.2) is 0 Å². The van der Waals surface area contributed by atoms with Crippen LogP contribution in [0.1, 0.15) is 55.4 Å². The Morgan fingerprint density at radius 2 is 1.67 bits per heavy atom. The maximum absolute atomic E-state index is 6.84. The van der Waals surface area contributed by atoms with Gasteiger partial charge in [0, 0.05) is 5.92 Å². The van der Waals surface area contributed by atoms with E-state index in [0.717, 1.165) is 5.76 Å². The van der Waals surface area contributed by atoms with E-state index in [1.807, 2.05) is 6.92 Å². The fraction of sp³-hybridized carbons (Fsp3) is 0.778. The first-order chi connectivity index (χ1) is 9.77. The summed E-state index contributed by atoms with van der Waals surface area (Å²) in [4.78, 5) is 0. The maximum Gasteiger partial charge on any atom is 0.258 e. The van der Waals surface area contributed by atoms with E-state index in [1.165, 1.54) is 0 Å². The molecule has 0 radical (unpaired) electrons. The molecule has 2 nitrogen and oxygen atoms in total. The molecule has 0 aromatic rings. The van der Waals surface area contributed by atoms with Crippen LogP contribution in [0.4, 0.5) is 0 Å². The Labute approximate surface area is 132 Å². The summed E-state index contributed by atoms with van der Waals surface area (Å²) in [5, 5.41) is 0. The largest absolute Gasteiger partial charge is 0.546 e. The quantitative estimate of drug-likeness (QED) is 0.464. The lowest BCUT2D eigenvalue weighted by Crippen LogP contribution is -2.49. The molecule has 0 aromatic carbocycles. The van der Waals surface area contributed by atoms with Crippen molar-refractivity contribution in [3.8, 4) is 0 Å². The molecule has 0 aliphatic carbocycles. The standard InChI is InChI=1S/C18H34O2Si/c1-9-10-17-16(8)18(11-12-19-17)20-21(13(2)3,14(4)5)15(6)7/h9-11,13-17H,12H2,1-8H3/b10-9+/t16-,17+/m0/s1. The molecule has 0 fully saturated rings. The van der Waals surface area contributed by atoms with Gasteiger partial charge in [0.15, 0.2) is 0 Å². The van der Waals surface area contributed by atoms with Crippen LogP contribution < -0.4 is 0 Å². The summed E-state index contributed by atoms with van der Waals surface area (Å²) in [6.45, 7) is 18.9. The van der Waals surface area contributed by atoms with Crippen LogP contribution in [0.2, 0.25) is 16.6 Å². The lowest BCUT2D eigenvalue weighted by molar-refractivity contribution is 0.0489. The first-order valence-electron chi connectivity index (χ1n) is 8.40. The average Bonchev–Trinajstić information content (AvgIpc) is 2.38. The van der Waals surface area contributed by atoms with Crippen molar-refractivity contribution in [3.63, 3.8) is 0 Å². The molecule has 1 aliphatic heterocycles. The Bertz CT molecular complexity index is 361. The van der Waals surface area contributed by atoms with Crippen LogP contribution in [0.25, 0.3) is 0 Å². The second-order valence-corrected chi connectivity index (χ2v) is 12.5. The van der Waals surface area contributed by atoms with E-state index in [4.69, 9.17) is 9.16 Å². The van der Waals surface area contributed by atoms with Crippen molar-refractivity contribution in [3.05, 3.63) is 24.0 Å². The highest BCUT2D eigenvalue weighted by Gasteiger charge is 2.48. The molecule has 0 saturated carbocycles. The highest BCUT2D eigenvalue weighted by atomic mass is 28.4. The molecule has 1 heterocycles. The Kier molecular flexibility index (Phi) is 6.73. The third kappa shape index (κ3) is 3.81. The summed E-state index contributed by atoms with van der Waals surface area (Å²) in [5.41, 5.74) is 1.82. The van der Waals surface area contributed by atoms with E-state index in [1.54, 1.807) is 0 Å². The van der Waals surface area contributed by atoms with Crippen LogP contribution in [-0.2, 0) is 9.16 Å². The maximum atomic E-state index is 6.84. The second-order valence-electron chi connectivity index (χ2n) is 7.14. The molecule has 1 rings (SSSR count). The molecular formula is C18H34O2Si. The molecule has 0 aromatic heterocycles. The Balaban J connectivity index is 3.06. The van der Waals surface area contributed by atoms with Crippen molar-refractivity contribution in [2.45, 2.75) is 78.1 Å². The average molecular weight is 311 g/mol. The highest BCUT2D eigenvalue weighted by Crippen LogP contribution is 2.45. The van der Waals surface area contributed by atoms with Crippen molar-refractivity contribution >= 4 is 8.32 Å². The van der Waals surface area contributed by atoms with Crippen LogP contribution in [0.15, 0.2) is 24.0 Å². The Morgan fingerprint density at radius 1 is 1.14 bits per heavy atom. The number of hydrogen-bond donors (Lipinski definition) is 0. The molecule has 0 amide bonds. The van der Waals surface area contributed by atoms with E-state index >= 15 is 0 Å². The molecule has 3 heteroatoms. The van der Waals surface area contributed by atoms with Crippen molar-refractivity contribution in [1.29, 1.82) is 0 Å². The molecule has 0 unspecified atom stereocenters. The number of hydrogen-bond acceptors (Lipinski definition) is 2. The molecule has 1 aliphatic rings. The van der Waals surface area contributed by atoms with Gasteiger partial charge in [0.2, 0.25) is 0 Å². The van der Waals surface area contributed by atoms with Gasteiger partial charge >= 0.3 is 0 Å². The zero-order chi connectivity index (χ0) is 16.2. The van der Waals surface area contributed by atoms with Crippen molar-refractivity contribution in [2.75, 3.05) is 6.61 Å². The Hall–Kier alpha value is -0.543. The summed E-state index contributed by atoms with van der Waals surface area (Å²) in [6.07, 6.45) is 6.51. The fourth-order valence-corrected chi connectivity index (χ4v) is 9.22. The van der Waals surface area contributed by atoms with Crippen molar-refractivity contribution in [1.82, 2.24) is 0 Å². The Morgan fingerprint density at radius 3 is 2.10 bits per heavy atom. The van der Waals surface area contributed by atoms with Gasteiger partial charge < -0.3 is 9.16 Å². The summed E-state index contributed by atoms with van der Waals surface area (Å²) >= 11 is 0. The molecule has 0 bridgehead atoms. The predicted octanol–water partition coefficient (Wildman–Crippen LogP) is 5.67. The topological polar surface area (TPSA) is 18.5 Å². The van der Waals surface area contributed by atoms with Gasteiger partial charge in [0.05, 0.1) is 18.5 Å². The number of rotatable bonds is 6. The van der Waals surface area contributed by atoms with Gasteiger partial charge in [-0.2, -0.15) is 0 Å². The number of allylic oxidation sites excluding steroid dienone is 1. The zero-order valence-electron chi connectivity index (χ0n) is 15.1. The van der Waals surface area contributed by atoms with Crippen LogP contribution in [-0.4, -0.2) is 21.0 Å². The molecule has 0 N–H and O–H groups in total. The van der Waals surface area contributed by atoms with Gasteiger partial charge in [-0.05, 0) is 29.6 Å². The third-order valence-electron chi connectivity index (χ3n) is 4.90. The highest BCUT2D eigenvalue weighted by molar-refractivity contribution is 6.77. The summed E-state index contributed by atoms with van der Waals surface area (Å²) in [6, 6.07) is 0. The molecule has 2 atom stereocenters. The molecular weight excluding hydrogens is 276 g/mol. The summed E-state index contributed by atoms with van der Waals surface area (Å²) < 4.78 is 12.7. The normalized spacial score (nSPS) is 24.2. The SMILES string of the molecule is C/C=C/[C@H]1OCC=C(O[Si](C(C)C)(C(C)C)C(C)C)[C@H]1C. The molecule has 0 spiro atoms. The van der Waals surface area contributed by atoms with Crippen molar-refractivity contribution < 1.29 is 9.16 Å². The summed E-state index contributed by atoms with van der Waals surface area (Å²) in [5.74, 6) is 1.46. The zero-order valence-corrected chi connectivity index (χ0v) is 16.1. The van der Waals surface area contributed by atoms with Crippen LogP contribution >= 0.6 is 0 Å². The van der Waals surface area contributed by atoms with E-state index in [0.29, 0.717) is 29.1 Å². The lowest BCUT2D eigenvalue weighted by atomic mass is 10.00. The van der Waals surface area contributed by atoms with Gasteiger partial charge in [-0.3, -0.25) is 0 Å². The van der Waals surface area contributed by atoms with Gasteiger partial charge in [-0.15, -0.1) is 0 Å². The van der Waals surface area contributed by atoms with Gasteiger partial charge in [0.25, 0.3) is 8.32 Å². The fourth-order valence-electron chi connectivity index (χ4n) is 3.84. The van der Waals surface area contributed by atoms with Crippen LogP contribution in [0.3, 0.4) is 0 Å². The van der Waals surface area contributed by atoms with Gasteiger partial charge in [0.1, 0.15) is 0 Å². The first kappa shape index (κ1) is 18.5. The van der Waals surface area contributed by atoms with E-state index in [2.05, 4.69) is 66.7 Å². The predicted molar refractivity (Wildman–Crippen MR) is 93.9 cm³/mol. The van der Waals surface area contributed by atoms with Crippen molar-refractivity contribution in [2.24, 2.45) is 5.92 Å². The lowest BCUT2D eigenvalue weighted by Gasteiger charge is -2.45. The molecule has 21 heavy (non-hydrogen) atoms. The smallest absolute Gasteiger partial charge is 0.258 e.